The van der Waals surface area contributed by atoms with Crippen molar-refractivity contribution in [3.8, 4) is 11.8 Å². The van der Waals surface area contributed by atoms with Crippen LogP contribution < -0.4 is 4.74 Å². The first-order chi connectivity index (χ1) is 9.90. The summed E-state index contributed by atoms with van der Waals surface area (Å²) in [6.07, 6.45) is 1.76. The van der Waals surface area contributed by atoms with Gasteiger partial charge >= 0.3 is 17.5 Å². The minimum atomic E-state index is -1.04. The predicted octanol–water partition coefficient (Wildman–Crippen LogP) is 2.19. The largest absolute Gasteiger partial charge is 0.417 e. The molecule has 0 N–H and O–H groups in total. The number of benzene rings is 1. The van der Waals surface area contributed by atoms with Crippen LogP contribution in [0.15, 0.2) is 29.0 Å². The number of nitro groups is 3. The van der Waals surface area contributed by atoms with Gasteiger partial charge in [0, 0.05) is 0 Å². The second-order valence-electron chi connectivity index (χ2n) is 3.48. The Hall–Kier alpha value is -3.57. The van der Waals surface area contributed by atoms with E-state index in [-0.39, 0.29) is 0 Å². The van der Waals surface area contributed by atoms with E-state index in [0.717, 1.165) is 12.5 Å². The smallest absolute Gasteiger partial charge is 0.399 e. The monoisotopic (exact) mass is 296 g/mol. The van der Waals surface area contributed by atoms with Gasteiger partial charge < -0.3 is 9.15 Å². The number of oxazole rings is 1. The van der Waals surface area contributed by atoms with E-state index in [1.807, 2.05) is 0 Å². The van der Waals surface area contributed by atoms with Crippen molar-refractivity contribution in [1.29, 1.82) is 0 Å². The van der Waals surface area contributed by atoms with E-state index in [2.05, 4.69) is 9.40 Å². The number of ether oxygens (including phenoxy) is 1. The van der Waals surface area contributed by atoms with Crippen LogP contribution in [0.3, 0.4) is 0 Å². The summed E-state index contributed by atoms with van der Waals surface area (Å²) < 4.78 is 9.53. The first kappa shape index (κ1) is 13.9. The van der Waals surface area contributed by atoms with Crippen LogP contribution in [-0.2, 0) is 0 Å². The molecule has 0 bridgehead atoms. The molecule has 0 atom stereocenters. The van der Waals surface area contributed by atoms with Crippen molar-refractivity contribution in [2.45, 2.75) is 0 Å². The topological polar surface area (TPSA) is 165 Å². The third-order valence-corrected chi connectivity index (χ3v) is 2.24. The van der Waals surface area contributed by atoms with Crippen molar-refractivity contribution in [3.05, 3.63) is 54.9 Å². The van der Waals surface area contributed by atoms with Crippen LogP contribution in [0.1, 0.15) is 0 Å². The van der Waals surface area contributed by atoms with Crippen molar-refractivity contribution in [2.75, 3.05) is 0 Å². The quantitative estimate of drug-likeness (QED) is 0.593. The summed E-state index contributed by atoms with van der Waals surface area (Å²) in [5, 5.41) is 32.5. The van der Waals surface area contributed by atoms with Gasteiger partial charge in [0.15, 0.2) is 0 Å². The Kier molecular flexibility index (Phi) is 3.43. The van der Waals surface area contributed by atoms with Crippen LogP contribution in [-0.4, -0.2) is 19.8 Å². The van der Waals surface area contributed by atoms with Crippen LogP contribution in [0, 0.1) is 30.3 Å². The maximum absolute atomic E-state index is 10.9. The highest BCUT2D eigenvalue weighted by atomic mass is 16.7. The van der Waals surface area contributed by atoms with Gasteiger partial charge in [-0.05, 0) is 0 Å². The first-order valence-corrected chi connectivity index (χ1v) is 5.08. The Labute approximate surface area is 114 Å². The summed E-state index contributed by atoms with van der Waals surface area (Å²) in [6.45, 7) is 0. The molecular weight excluding hydrogens is 292 g/mol. The molecule has 108 valence electrons. The summed E-state index contributed by atoms with van der Waals surface area (Å²) in [5.41, 5.74) is -2.71. The fraction of sp³-hybridized carbons (Fsp3) is 0. The average molecular weight is 296 g/mol. The second kappa shape index (κ2) is 5.20. The van der Waals surface area contributed by atoms with Gasteiger partial charge in [0.25, 0.3) is 11.4 Å². The normalized spacial score (nSPS) is 10.1. The van der Waals surface area contributed by atoms with Gasteiger partial charge in [0.1, 0.15) is 6.26 Å². The van der Waals surface area contributed by atoms with Crippen molar-refractivity contribution in [3.63, 3.8) is 0 Å². The van der Waals surface area contributed by atoms with E-state index in [1.54, 1.807) is 0 Å². The first-order valence-electron chi connectivity index (χ1n) is 5.08. The highest BCUT2D eigenvalue weighted by Gasteiger charge is 2.33. The molecule has 0 radical (unpaired) electrons. The zero-order chi connectivity index (χ0) is 15.6. The number of nitro benzene ring substituents is 3. The maximum atomic E-state index is 10.9. The van der Waals surface area contributed by atoms with Crippen LogP contribution >= 0.6 is 0 Å². The summed E-state index contributed by atoms with van der Waals surface area (Å²) in [5.74, 6) is -0.807. The van der Waals surface area contributed by atoms with Crippen molar-refractivity contribution < 1.29 is 23.9 Å². The molecule has 2 aromatic rings. The highest BCUT2D eigenvalue weighted by Crippen LogP contribution is 2.42. The minimum absolute atomic E-state index is 0.477. The lowest BCUT2D eigenvalue weighted by atomic mass is 10.2. The molecule has 12 nitrogen and oxygen atoms in total. The Morgan fingerprint density at radius 2 is 1.57 bits per heavy atom. The van der Waals surface area contributed by atoms with E-state index in [4.69, 9.17) is 4.74 Å². The van der Waals surface area contributed by atoms with E-state index in [9.17, 15) is 30.3 Å². The molecule has 1 aromatic heterocycles. The van der Waals surface area contributed by atoms with Gasteiger partial charge in [-0.2, -0.15) is 4.98 Å². The standard InChI is InChI=1S/C9H4N4O8/c14-11(15)5-3-6(12(16)17)8(7(4-5)13(18)19)21-9-10-1-2-20-9/h1-4H. The van der Waals surface area contributed by atoms with Gasteiger partial charge in [0.2, 0.25) is 0 Å². The van der Waals surface area contributed by atoms with Crippen LogP contribution in [0.5, 0.6) is 11.8 Å². The molecule has 1 aromatic carbocycles. The number of hydrogen-bond donors (Lipinski definition) is 0. The Morgan fingerprint density at radius 3 is 1.95 bits per heavy atom. The number of hydrogen-bond acceptors (Lipinski definition) is 9. The van der Waals surface area contributed by atoms with Gasteiger partial charge in [-0.3, -0.25) is 30.3 Å². The minimum Gasteiger partial charge on any atom is -0.417 e. The van der Waals surface area contributed by atoms with E-state index < -0.39 is 43.7 Å². The lowest BCUT2D eigenvalue weighted by molar-refractivity contribution is -0.404. The Morgan fingerprint density at radius 1 is 1.00 bits per heavy atom. The third-order valence-electron chi connectivity index (χ3n) is 2.24. The Balaban J connectivity index is 2.66. The maximum Gasteiger partial charge on any atom is 0.399 e. The third kappa shape index (κ3) is 2.73. The molecule has 0 saturated carbocycles. The molecule has 0 unspecified atom stereocenters. The molecule has 21 heavy (non-hydrogen) atoms. The van der Waals surface area contributed by atoms with E-state index in [1.165, 1.54) is 0 Å². The van der Waals surface area contributed by atoms with Gasteiger partial charge in [-0.1, -0.05) is 0 Å². The summed E-state index contributed by atoms with van der Waals surface area (Å²) in [4.78, 5) is 33.0. The molecule has 0 amide bonds. The van der Waals surface area contributed by atoms with Crippen molar-refractivity contribution in [1.82, 2.24) is 4.98 Å². The molecule has 0 aliphatic heterocycles. The number of non-ortho nitro benzene ring substituents is 1. The van der Waals surface area contributed by atoms with E-state index >= 15 is 0 Å². The average Bonchev–Trinajstić information content (AvgIpc) is 2.90. The number of nitrogens with zero attached hydrogens (tertiary/aromatic N) is 4. The molecule has 1 heterocycles. The van der Waals surface area contributed by atoms with Gasteiger partial charge in [-0.15, -0.1) is 0 Å². The van der Waals surface area contributed by atoms with Gasteiger partial charge in [-0.25, -0.2) is 0 Å². The van der Waals surface area contributed by atoms with E-state index in [0.29, 0.717) is 12.1 Å². The zero-order valence-corrected chi connectivity index (χ0v) is 9.86. The predicted molar refractivity (Wildman–Crippen MR) is 63.0 cm³/mol. The number of rotatable bonds is 5. The molecule has 0 spiro atoms. The SMILES string of the molecule is O=[N+]([O-])c1cc([N+](=O)[O-])c(Oc2ncco2)c([N+](=O)[O-])c1. The molecule has 0 aliphatic rings. The summed E-state index contributed by atoms with van der Waals surface area (Å²) in [7, 11) is 0. The zero-order valence-electron chi connectivity index (χ0n) is 9.86. The van der Waals surface area contributed by atoms with Crippen LogP contribution in [0.2, 0.25) is 0 Å². The van der Waals surface area contributed by atoms with Crippen LogP contribution in [0.4, 0.5) is 17.1 Å². The van der Waals surface area contributed by atoms with Crippen molar-refractivity contribution in [2.24, 2.45) is 0 Å². The fourth-order valence-electron chi connectivity index (χ4n) is 1.41. The summed E-state index contributed by atoms with van der Waals surface area (Å²) >= 11 is 0. The molecular formula is C9H4N4O8. The number of aromatic nitrogens is 1. The molecule has 0 aliphatic carbocycles. The lowest BCUT2D eigenvalue weighted by Crippen LogP contribution is -2.01. The highest BCUT2D eigenvalue weighted by molar-refractivity contribution is 5.66. The fourth-order valence-corrected chi connectivity index (χ4v) is 1.41. The second-order valence-corrected chi connectivity index (χ2v) is 3.48. The van der Waals surface area contributed by atoms with Crippen LogP contribution in [0.25, 0.3) is 0 Å². The molecule has 0 fully saturated rings. The lowest BCUT2D eigenvalue weighted by Gasteiger charge is -2.03. The molecule has 2 rings (SSSR count). The van der Waals surface area contributed by atoms with Crippen molar-refractivity contribution >= 4 is 17.1 Å². The molecule has 12 heteroatoms. The Bertz CT molecular complexity index is 690. The summed E-state index contributed by atoms with van der Waals surface area (Å²) in [6, 6.07) is 1.09. The molecule has 0 saturated heterocycles. The van der Waals surface area contributed by atoms with Gasteiger partial charge in [0.05, 0.1) is 33.1 Å².